The maximum atomic E-state index is 11.2. The highest BCUT2D eigenvalue weighted by Gasteiger charge is 2.21. The molecule has 3 aromatic rings. The second-order valence-electron chi connectivity index (χ2n) is 5.33. The number of halogens is 1. The monoisotopic (exact) mass is 342 g/mol. The smallest absolute Gasteiger partial charge is 0.309 e. The maximum absolute atomic E-state index is 11.2. The van der Waals surface area contributed by atoms with Crippen molar-refractivity contribution < 1.29 is 15.0 Å². The Balaban J connectivity index is 2.15. The molecule has 24 heavy (non-hydrogen) atoms. The van der Waals surface area contributed by atoms with Gasteiger partial charge in [-0.1, -0.05) is 54.1 Å². The Labute approximate surface area is 143 Å². The van der Waals surface area contributed by atoms with E-state index in [4.69, 9.17) is 16.7 Å². The summed E-state index contributed by atoms with van der Waals surface area (Å²) in [6.07, 6.45) is -0.244. The fourth-order valence-electron chi connectivity index (χ4n) is 2.57. The first-order chi connectivity index (χ1) is 11.6. The molecule has 0 aliphatic rings. The highest BCUT2D eigenvalue weighted by Crippen LogP contribution is 2.32. The minimum Gasteiger partial charge on any atom is -0.507 e. The lowest BCUT2D eigenvalue weighted by molar-refractivity contribution is -0.136. The van der Waals surface area contributed by atoms with Gasteiger partial charge < -0.3 is 14.8 Å². The molecule has 0 aliphatic heterocycles. The molecule has 122 valence electrons. The second-order valence-corrected chi connectivity index (χ2v) is 5.69. The van der Waals surface area contributed by atoms with Gasteiger partial charge in [-0.25, -0.2) is 4.98 Å². The average Bonchev–Trinajstić information content (AvgIpc) is 2.85. The van der Waals surface area contributed by atoms with Crippen LogP contribution in [-0.2, 0) is 17.8 Å². The number of benzene rings is 2. The van der Waals surface area contributed by atoms with Gasteiger partial charge in [0, 0.05) is 6.54 Å². The third-order valence-corrected chi connectivity index (χ3v) is 3.97. The molecule has 6 heteroatoms. The number of carboxylic acid groups (broad SMARTS) is 1. The van der Waals surface area contributed by atoms with E-state index in [0.29, 0.717) is 23.6 Å². The van der Waals surface area contributed by atoms with Crippen LogP contribution in [0.5, 0.6) is 5.75 Å². The molecule has 0 amide bonds. The summed E-state index contributed by atoms with van der Waals surface area (Å²) in [6.45, 7) is 0.410. The number of nitrogens with zero attached hydrogens (tertiary/aromatic N) is 2. The van der Waals surface area contributed by atoms with Crippen LogP contribution >= 0.6 is 11.6 Å². The van der Waals surface area contributed by atoms with Crippen molar-refractivity contribution in [3.63, 3.8) is 0 Å². The highest BCUT2D eigenvalue weighted by molar-refractivity contribution is 6.30. The Morgan fingerprint density at radius 2 is 1.75 bits per heavy atom. The number of aromatic hydroxyl groups is 1. The Hall–Kier alpha value is -2.79. The molecule has 0 aliphatic carbocycles. The fraction of sp³-hybridized carbons (Fsp3) is 0.111. The minimum absolute atomic E-state index is 0.0651. The highest BCUT2D eigenvalue weighted by atomic mass is 35.5. The van der Waals surface area contributed by atoms with Crippen LogP contribution in [0.2, 0.25) is 5.15 Å². The van der Waals surface area contributed by atoms with Crippen LogP contribution < -0.4 is 0 Å². The van der Waals surface area contributed by atoms with Crippen molar-refractivity contribution in [1.82, 2.24) is 9.55 Å². The quantitative estimate of drug-likeness (QED) is 0.743. The molecule has 0 fully saturated rings. The molecule has 0 bridgehead atoms. The lowest BCUT2D eigenvalue weighted by Crippen LogP contribution is -2.11. The lowest BCUT2D eigenvalue weighted by Gasteiger charge is -2.12. The zero-order valence-electron chi connectivity index (χ0n) is 12.7. The van der Waals surface area contributed by atoms with Gasteiger partial charge in [-0.3, -0.25) is 4.79 Å². The number of hydrogen-bond donors (Lipinski definition) is 2. The molecule has 0 saturated heterocycles. The van der Waals surface area contributed by atoms with Crippen molar-refractivity contribution in [2.24, 2.45) is 0 Å². The van der Waals surface area contributed by atoms with E-state index in [0.717, 1.165) is 5.56 Å². The van der Waals surface area contributed by atoms with Gasteiger partial charge in [-0.15, -0.1) is 0 Å². The van der Waals surface area contributed by atoms with E-state index in [1.54, 1.807) is 28.8 Å². The molecule has 2 N–H and O–H groups in total. The van der Waals surface area contributed by atoms with Crippen LogP contribution in [-0.4, -0.2) is 25.7 Å². The molecule has 0 radical (unpaired) electrons. The predicted molar refractivity (Wildman–Crippen MR) is 91.2 cm³/mol. The SMILES string of the molecule is O=C(O)Cc1c(Cl)nc(-c2ccccc2O)n1Cc1ccccc1. The maximum Gasteiger partial charge on any atom is 0.309 e. The Morgan fingerprint density at radius 3 is 2.42 bits per heavy atom. The summed E-state index contributed by atoms with van der Waals surface area (Å²) in [6, 6.07) is 16.4. The zero-order valence-corrected chi connectivity index (χ0v) is 13.4. The third kappa shape index (κ3) is 3.26. The molecule has 0 unspecified atom stereocenters. The van der Waals surface area contributed by atoms with Crippen molar-refractivity contribution in [3.05, 3.63) is 71.0 Å². The predicted octanol–water partition coefficient (Wildman–Crippen LogP) is 3.58. The number of carboxylic acids is 1. The molecule has 3 rings (SSSR count). The molecule has 5 nitrogen and oxygen atoms in total. The van der Waals surface area contributed by atoms with Crippen molar-refractivity contribution in [1.29, 1.82) is 0 Å². The molecule has 0 spiro atoms. The van der Waals surface area contributed by atoms with Crippen molar-refractivity contribution >= 4 is 17.6 Å². The Kier molecular flexibility index (Phi) is 4.53. The summed E-state index contributed by atoms with van der Waals surface area (Å²) in [5.74, 6) is -0.483. The molecule has 1 heterocycles. The van der Waals surface area contributed by atoms with E-state index in [-0.39, 0.29) is 17.3 Å². The van der Waals surface area contributed by atoms with E-state index < -0.39 is 5.97 Å². The number of aliphatic carboxylic acids is 1. The number of phenols is 1. The molecule has 0 atom stereocenters. The van der Waals surface area contributed by atoms with Crippen LogP contribution in [0.15, 0.2) is 54.6 Å². The first kappa shape index (κ1) is 16.1. The van der Waals surface area contributed by atoms with Crippen LogP contribution in [0.4, 0.5) is 0 Å². The number of phenolic OH excluding ortho intramolecular Hbond substituents is 1. The van der Waals surface area contributed by atoms with Gasteiger partial charge >= 0.3 is 5.97 Å². The molecule has 1 aromatic heterocycles. The Bertz CT molecular complexity index is 875. The summed E-state index contributed by atoms with van der Waals surface area (Å²) < 4.78 is 1.74. The molecular formula is C18H15ClN2O3. The van der Waals surface area contributed by atoms with Crippen molar-refractivity contribution in [2.45, 2.75) is 13.0 Å². The lowest BCUT2D eigenvalue weighted by atomic mass is 10.1. The number of imidazole rings is 1. The Morgan fingerprint density at radius 1 is 1.08 bits per heavy atom. The van der Waals surface area contributed by atoms with Crippen molar-refractivity contribution in [2.75, 3.05) is 0 Å². The topological polar surface area (TPSA) is 75.3 Å². The van der Waals surface area contributed by atoms with E-state index in [9.17, 15) is 9.90 Å². The van der Waals surface area contributed by atoms with E-state index in [2.05, 4.69) is 4.98 Å². The van der Waals surface area contributed by atoms with Crippen LogP contribution in [0.3, 0.4) is 0 Å². The number of rotatable bonds is 5. The van der Waals surface area contributed by atoms with Gasteiger partial charge in [0.25, 0.3) is 0 Å². The minimum atomic E-state index is -0.991. The van der Waals surface area contributed by atoms with Gasteiger partial charge in [0.05, 0.1) is 17.7 Å². The van der Waals surface area contributed by atoms with Crippen LogP contribution in [0.1, 0.15) is 11.3 Å². The van der Waals surface area contributed by atoms with E-state index in [1.165, 1.54) is 0 Å². The largest absolute Gasteiger partial charge is 0.507 e. The molecule has 2 aromatic carbocycles. The first-order valence-corrected chi connectivity index (χ1v) is 7.73. The summed E-state index contributed by atoms with van der Waals surface area (Å²) >= 11 is 6.19. The zero-order chi connectivity index (χ0) is 17.1. The standard InChI is InChI=1S/C18H15ClN2O3/c19-17-14(10-16(23)24)21(11-12-6-2-1-3-7-12)18(20-17)13-8-4-5-9-15(13)22/h1-9,22H,10-11H2,(H,23,24). The normalized spacial score (nSPS) is 10.7. The first-order valence-electron chi connectivity index (χ1n) is 7.35. The van der Waals surface area contributed by atoms with Gasteiger partial charge in [-0.2, -0.15) is 0 Å². The second kappa shape index (κ2) is 6.76. The summed E-state index contributed by atoms with van der Waals surface area (Å²) in [5, 5.41) is 19.4. The van der Waals surface area contributed by atoms with Crippen molar-refractivity contribution in [3.8, 4) is 17.1 Å². The number of para-hydroxylation sites is 1. The average molecular weight is 343 g/mol. The number of aromatic nitrogens is 2. The summed E-state index contributed by atoms with van der Waals surface area (Å²) in [5.41, 5.74) is 1.90. The van der Waals surface area contributed by atoms with Gasteiger partial charge in [0.1, 0.15) is 11.6 Å². The number of carbonyl (C=O) groups is 1. The van der Waals surface area contributed by atoms with Gasteiger partial charge in [0.2, 0.25) is 0 Å². The summed E-state index contributed by atoms with van der Waals surface area (Å²) in [4.78, 5) is 15.5. The molecule has 0 saturated carbocycles. The van der Waals surface area contributed by atoms with Crippen LogP contribution in [0.25, 0.3) is 11.4 Å². The fourth-order valence-corrected chi connectivity index (χ4v) is 2.82. The van der Waals surface area contributed by atoms with Crippen LogP contribution in [0, 0.1) is 0 Å². The van der Waals surface area contributed by atoms with E-state index >= 15 is 0 Å². The summed E-state index contributed by atoms with van der Waals surface area (Å²) in [7, 11) is 0. The van der Waals surface area contributed by atoms with Gasteiger partial charge in [0.15, 0.2) is 5.15 Å². The molecular weight excluding hydrogens is 328 g/mol. The van der Waals surface area contributed by atoms with E-state index in [1.807, 2.05) is 30.3 Å². The van der Waals surface area contributed by atoms with Gasteiger partial charge in [-0.05, 0) is 17.7 Å². The number of hydrogen-bond acceptors (Lipinski definition) is 3. The third-order valence-electron chi connectivity index (χ3n) is 3.67.